The average Bonchev–Trinajstić information content (AvgIpc) is 2.27. The molecule has 0 aromatic carbocycles. The fraction of sp³-hybridized carbons (Fsp3) is 1.00. The van der Waals surface area contributed by atoms with E-state index < -0.39 is 9.93 Å². The van der Waals surface area contributed by atoms with Gasteiger partial charge in [-0.05, 0) is 0 Å². The zero-order valence-corrected chi connectivity index (χ0v) is 18.0. The van der Waals surface area contributed by atoms with E-state index in [4.69, 9.17) is 67.4 Å². The van der Waals surface area contributed by atoms with Crippen LogP contribution >= 0.6 is 77.4 Å². The molecule has 0 aromatic rings. The summed E-state index contributed by atoms with van der Waals surface area (Å²) in [5, 5.41) is 0. The molecule has 20 heavy (non-hydrogen) atoms. The normalized spacial score (nSPS) is 31.4. The van der Waals surface area contributed by atoms with Gasteiger partial charge in [0, 0.05) is 0 Å². The number of hydrogen-bond donors (Lipinski definition) is 0. The number of unbranched alkanes of at least 4 members (excludes halogenated alkanes) is 4. The number of halogens is 6. The quantitative estimate of drug-likeness (QED) is 0.273. The van der Waals surface area contributed by atoms with Crippen LogP contribution in [0.1, 0.15) is 52.4 Å². The van der Waals surface area contributed by atoms with Gasteiger partial charge in [0.05, 0.1) is 0 Å². The standard InChI is InChI=1S/C10H22Cl6N2P2/c1-3-5-7-9-17-19(11,12,13)18(10-8-6-4-2)20(17,14,15)16/h3-10H2,1-2H3. The Morgan fingerprint density at radius 2 is 0.900 bits per heavy atom. The van der Waals surface area contributed by atoms with Crippen LogP contribution in [0.25, 0.3) is 0 Å². The molecule has 0 aliphatic carbocycles. The number of hydrogen-bond acceptors (Lipinski definition) is 2. The molecule has 0 spiro atoms. The van der Waals surface area contributed by atoms with Crippen molar-refractivity contribution in [1.82, 2.24) is 8.88 Å². The number of rotatable bonds is 8. The van der Waals surface area contributed by atoms with Gasteiger partial charge in [-0.25, -0.2) is 0 Å². The molecule has 0 saturated carbocycles. The van der Waals surface area contributed by atoms with Crippen LogP contribution < -0.4 is 0 Å². The average molecular weight is 445 g/mol. The van der Waals surface area contributed by atoms with Crippen molar-refractivity contribution in [3.63, 3.8) is 0 Å². The molecule has 2 nitrogen and oxygen atoms in total. The Labute approximate surface area is 151 Å². The van der Waals surface area contributed by atoms with Crippen LogP contribution in [-0.4, -0.2) is 22.0 Å². The first-order valence-corrected chi connectivity index (χ1v) is 16.6. The first kappa shape index (κ1) is 20.6. The molecule has 0 radical (unpaired) electrons. The summed E-state index contributed by atoms with van der Waals surface area (Å²) >= 11 is 39.1. The van der Waals surface area contributed by atoms with E-state index in [1.54, 1.807) is 8.88 Å². The van der Waals surface area contributed by atoms with Gasteiger partial charge in [-0.2, -0.15) is 0 Å². The van der Waals surface area contributed by atoms with Crippen molar-refractivity contribution < 1.29 is 0 Å². The van der Waals surface area contributed by atoms with E-state index in [0.29, 0.717) is 13.1 Å². The first-order valence-electron chi connectivity index (χ1n) is 6.86. The Bertz CT molecular complexity index is 301. The van der Waals surface area contributed by atoms with Crippen molar-refractivity contribution in [3.8, 4) is 0 Å². The van der Waals surface area contributed by atoms with E-state index in [1.165, 1.54) is 0 Å². The van der Waals surface area contributed by atoms with Crippen LogP contribution in [0.15, 0.2) is 0 Å². The summed E-state index contributed by atoms with van der Waals surface area (Å²) in [5.41, 5.74) is 0. The fourth-order valence-electron chi connectivity index (χ4n) is 2.29. The molecule has 0 aromatic heterocycles. The Balaban J connectivity index is 2.86. The summed E-state index contributed by atoms with van der Waals surface area (Å²) in [7, 11) is 0. The van der Waals surface area contributed by atoms with Crippen molar-refractivity contribution >= 4 is 77.4 Å². The first-order chi connectivity index (χ1) is 8.95. The van der Waals surface area contributed by atoms with Gasteiger partial charge in [0.1, 0.15) is 0 Å². The van der Waals surface area contributed by atoms with Crippen LogP contribution in [0.2, 0.25) is 0 Å². The molecule has 1 aliphatic heterocycles. The molecular formula is C10H22Cl6N2P2. The third kappa shape index (κ3) is 3.94. The maximum atomic E-state index is 6.52. The van der Waals surface area contributed by atoms with E-state index in [-0.39, 0.29) is 0 Å². The van der Waals surface area contributed by atoms with Gasteiger partial charge in [0.2, 0.25) is 0 Å². The molecule has 0 unspecified atom stereocenters. The molecule has 124 valence electrons. The molecular weight excluding hydrogens is 423 g/mol. The second-order valence-electron chi connectivity index (χ2n) is 5.08. The van der Waals surface area contributed by atoms with Gasteiger partial charge in [-0.3, -0.25) is 0 Å². The Hall–Kier alpha value is 2.52. The Morgan fingerprint density at radius 1 is 0.600 bits per heavy atom. The third-order valence-electron chi connectivity index (χ3n) is 3.38. The van der Waals surface area contributed by atoms with Crippen molar-refractivity contribution in [2.75, 3.05) is 13.1 Å². The summed E-state index contributed by atoms with van der Waals surface area (Å²) in [6, 6.07) is 0. The van der Waals surface area contributed by atoms with Crippen LogP contribution in [0.4, 0.5) is 0 Å². The maximum absolute atomic E-state index is 6.52. The zero-order chi connectivity index (χ0) is 15.7. The van der Waals surface area contributed by atoms with Crippen molar-refractivity contribution in [2.24, 2.45) is 0 Å². The second-order valence-corrected chi connectivity index (χ2v) is 25.2. The molecule has 0 bridgehead atoms. The second kappa shape index (κ2) is 6.79. The van der Waals surface area contributed by atoms with Crippen LogP contribution in [-0.2, 0) is 0 Å². The molecule has 10 heteroatoms. The topological polar surface area (TPSA) is 6.48 Å². The van der Waals surface area contributed by atoms with Gasteiger partial charge in [-0.15, -0.1) is 0 Å². The predicted molar refractivity (Wildman–Crippen MR) is 101 cm³/mol. The molecule has 0 amide bonds. The molecule has 1 heterocycles. The van der Waals surface area contributed by atoms with Crippen molar-refractivity contribution in [3.05, 3.63) is 0 Å². The van der Waals surface area contributed by atoms with Crippen molar-refractivity contribution in [2.45, 2.75) is 52.4 Å². The molecule has 1 aliphatic rings. The minimum absolute atomic E-state index is 0.529. The monoisotopic (exact) mass is 442 g/mol. The third-order valence-corrected chi connectivity index (χ3v) is 21.6. The van der Waals surface area contributed by atoms with Gasteiger partial charge >= 0.3 is 152 Å². The fourth-order valence-corrected chi connectivity index (χ4v) is 31.4. The minimum atomic E-state index is -3.75. The predicted octanol–water partition coefficient (Wildman–Crippen LogP) is 8.67. The molecule has 0 atom stereocenters. The van der Waals surface area contributed by atoms with E-state index >= 15 is 0 Å². The summed E-state index contributed by atoms with van der Waals surface area (Å²) in [5.74, 6) is 0. The van der Waals surface area contributed by atoms with Crippen LogP contribution in [0.3, 0.4) is 0 Å². The summed E-state index contributed by atoms with van der Waals surface area (Å²) in [6.45, 7) is 5.27. The summed E-state index contributed by atoms with van der Waals surface area (Å²) in [4.78, 5) is -7.50. The Morgan fingerprint density at radius 3 is 1.15 bits per heavy atom. The van der Waals surface area contributed by atoms with Gasteiger partial charge in [0.25, 0.3) is 0 Å². The van der Waals surface area contributed by atoms with E-state index in [0.717, 1.165) is 38.5 Å². The van der Waals surface area contributed by atoms with Gasteiger partial charge in [-0.1, -0.05) is 0 Å². The van der Waals surface area contributed by atoms with Gasteiger partial charge in [0.15, 0.2) is 0 Å². The molecule has 1 fully saturated rings. The SMILES string of the molecule is CCCCCN1P(Cl)(Cl)(Cl)N(CCCCC)P1(Cl)(Cl)Cl. The van der Waals surface area contributed by atoms with Gasteiger partial charge < -0.3 is 0 Å². The Kier molecular flexibility index (Phi) is 6.99. The van der Waals surface area contributed by atoms with E-state index in [9.17, 15) is 0 Å². The molecule has 1 saturated heterocycles. The summed E-state index contributed by atoms with van der Waals surface area (Å²) in [6.07, 6.45) is 5.93. The van der Waals surface area contributed by atoms with Crippen LogP contribution in [0.5, 0.6) is 0 Å². The van der Waals surface area contributed by atoms with E-state index in [1.807, 2.05) is 0 Å². The summed E-state index contributed by atoms with van der Waals surface area (Å²) < 4.78 is 3.16. The molecule has 1 rings (SSSR count). The van der Waals surface area contributed by atoms with Crippen molar-refractivity contribution in [1.29, 1.82) is 0 Å². The zero-order valence-electron chi connectivity index (χ0n) is 11.7. The van der Waals surface area contributed by atoms with E-state index in [2.05, 4.69) is 13.8 Å². The molecule has 0 N–H and O–H groups in total. The van der Waals surface area contributed by atoms with Crippen LogP contribution in [0, 0.1) is 0 Å². The number of nitrogens with zero attached hydrogens (tertiary/aromatic N) is 2.